The molecule has 1 aromatic rings. The molecule has 13 heteroatoms. The van der Waals surface area contributed by atoms with E-state index in [2.05, 4.69) is 35.7 Å². The topological polar surface area (TPSA) is 165 Å². The van der Waals surface area contributed by atoms with Gasteiger partial charge in [-0.25, -0.2) is 14.6 Å². The molecule has 0 aliphatic carbocycles. The number of esters is 2. The third kappa shape index (κ3) is 5.56. The number of aliphatic imine (C=N–C) groups is 2. The number of carbonyl (C=O) groups is 3. The van der Waals surface area contributed by atoms with Crippen LogP contribution in [0.2, 0.25) is 0 Å². The maximum absolute atomic E-state index is 12.3. The summed E-state index contributed by atoms with van der Waals surface area (Å²) in [5.74, 6) is -1.93. The van der Waals surface area contributed by atoms with Crippen LogP contribution < -0.4 is 4.74 Å². The van der Waals surface area contributed by atoms with Crippen LogP contribution in [0.5, 0.6) is 5.75 Å². The van der Waals surface area contributed by atoms with Crippen molar-refractivity contribution in [1.29, 1.82) is 0 Å². The highest BCUT2D eigenvalue weighted by molar-refractivity contribution is 6.69. The molecule has 2 aliphatic rings. The number of nitrogens with zero attached hydrogens (tertiary/aromatic N) is 7. The van der Waals surface area contributed by atoms with E-state index in [0.29, 0.717) is 17.9 Å². The van der Waals surface area contributed by atoms with Crippen molar-refractivity contribution in [2.24, 2.45) is 35.7 Å². The van der Waals surface area contributed by atoms with Gasteiger partial charge in [0.25, 0.3) is 6.04 Å². The summed E-state index contributed by atoms with van der Waals surface area (Å²) in [6, 6.07) is 3.09. The van der Waals surface area contributed by atoms with E-state index in [4.69, 9.17) is 14.2 Å². The predicted octanol–water partition coefficient (Wildman–Crippen LogP) is 2.56. The Morgan fingerprint density at radius 3 is 2.42 bits per heavy atom. The number of benzene rings is 1. The molecular formula is C20H21N7O6. The smallest absolute Gasteiger partial charge is 0.344 e. The maximum atomic E-state index is 12.3. The zero-order valence-corrected chi connectivity index (χ0v) is 18.2. The van der Waals surface area contributed by atoms with Gasteiger partial charge in [0.1, 0.15) is 5.75 Å². The molecule has 0 fully saturated rings. The van der Waals surface area contributed by atoms with Gasteiger partial charge < -0.3 is 14.2 Å². The van der Waals surface area contributed by atoms with Gasteiger partial charge in [-0.05, 0) is 43.7 Å². The Kier molecular flexibility index (Phi) is 7.78. The lowest BCUT2D eigenvalue weighted by molar-refractivity contribution is -0.156. The summed E-state index contributed by atoms with van der Waals surface area (Å²) in [6.07, 6.45) is 0.743. The van der Waals surface area contributed by atoms with Gasteiger partial charge in [-0.15, -0.1) is 10.2 Å². The summed E-state index contributed by atoms with van der Waals surface area (Å²) in [7, 11) is 0. The van der Waals surface area contributed by atoms with E-state index in [9.17, 15) is 14.4 Å². The van der Waals surface area contributed by atoms with Crippen LogP contribution in [0.25, 0.3) is 0 Å². The van der Waals surface area contributed by atoms with Gasteiger partial charge >= 0.3 is 17.8 Å². The van der Waals surface area contributed by atoms with Crippen LogP contribution in [0, 0.1) is 0 Å². The van der Waals surface area contributed by atoms with Crippen LogP contribution in [0.4, 0.5) is 5.69 Å². The van der Waals surface area contributed by atoms with Crippen LogP contribution in [-0.2, 0) is 23.9 Å². The summed E-state index contributed by atoms with van der Waals surface area (Å²) in [5.41, 5.74) is 0.540. The molecule has 0 atom stereocenters. The molecule has 0 unspecified atom stereocenters. The molecule has 33 heavy (non-hydrogen) atoms. The molecule has 3 rings (SSSR count). The van der Waals surface area contributed by atoms with Crippen LogP contribution in [0.3, 0.4) is 0 Å². The van der Waals surface area contributed by atoms with E-state index in [1.807, 2.05) is 6.92 Å². The van der Waals surface area contributed by atoms with Gasteiger partial charge in [-0.3, -0.25) is 4.79 Å². The molecule has 172 valence electrons. The fourth-order valence-corrected chi connectivity index (χ4v) is 2.66. The zero-order chi connectivity index (χ0) is 23.8. The van der Waals surface area contributed by atoms with E-state index in [0.717, 1.165) is 6.42 Å². The molecule has 0 aromatic heterocycles. The number of azo groups is 1. The second kappa shape index (κ2) is 10.9. The molecular weight excluding hydrogens is 434 g/mol. The highest BCUT2D eigenvalue weighted by Crippen LogP contribution is 2.28. The third-order valence-electron chi connectivity index (χ3n) is 4.09. The van der Waals surface area contributed by atoms with Crippen LogP contribution >= 0.6 is 0 Å². The highest BCUT2D eigenvalue weighted by atomic mass is 16.6. The fourth-order valence-electron chi connectivity index (χ4n) is 2.66. The number of hydrogen-bond acceptors (Lipinski definition) is 12. The Bertz CT molecular complexity index is 1090. The summed E-state index contributed by atoms with van der Waals surface area (Å²) in [6.45, 7) is 5.69. The molecule has 2 heterocycles. The van der Waals surface area contributed by atoms with E-state index in [1.165, 1.54) is 6.07 Å². The van der Waals surface area contributed by atoms with Gasteiger partial charge in [0.2, 0.25) is 11.5 Å². The first-order chi connectivity index (χ1) is 16.0. The SMILES string of the molecule is CCCOc1ccc(/N=N/C(C(=O)OCC)C(=O)OCC)cc1C1=NC(=O)C2=NN=NC2=N1. The van der Waals surface area contributed by atoms with Crippen molar-refractivity contribution in [2.75, 3.05) is 19.8 Å². The fraction of sp³-hybridized carbons (Fsp3) is 0.400. The molecule has 0 saturated heterocycles. The maximum Gasteiger partial charge on any atom is 0.344 e. The van der Waals surface area contributed by atoms with Crippen LogP contribution in [-0.4, -0.2) is 61.1 Å². The lowest BCUT2D eigenvalue weighted by Crippen LogP contribution is -2.31. The van der Waals surface area contributed by atoms with Crippen molar-refractivity contribution < 1.29 is 28.6 Å². The van der Waals surface area contributed by atoms with Crippen LogP contribution in [0.1, 0.15) is 32.8 Å². The quantitative estimate of drug-likeness (QED) is 0.299. The minimum atomic E-state index is -1.57. The second-order valence-corrected chi connectivity index (χ2v) is 6.47. The van der Waals surface area contributed by atoms with E-state index in [-0.39, 0.29) is 36.3 Å². The van der Waals surface area contributed by atoms with Gasteiger partial charge in [-0.1, -0.05) is 6.92 Å². The number of fused-ring (bicyclic) bond motifs is 1. The van der Waals surface area contributed by atoms with Crippen molar-refractivity contribution in [2.45, 2.75) is 33.2 Å². The Balaban J connectivity index is 1.96. The van der Waals surface area contributed by atoms with Crippen molar-refractivity contribution in [1.82, 2.24) is 0 Å². The molecule has 1 aromatic carbocycles. The number of rotatable bonds is 10. The Hall–Kier alpha value is -4.16. The number of amides is 1. The summed E-state index contributed by atoms with van der Waals surface area (Å²) >= 11 is 0. The molecule has 13 nitrogen and oxygen atoms in total. The summed E-state index contributed by atoms with van der Waals surface area (Å²) in [4.78, 5) is 44.6. The highest BCUT2D eigenvalue weighted by Gasteiger charge is 2.31. The minimum Gasteiger partial charge on any atom is -0.493 e. The average molecular weight is 455 g/mol. The van der Waals surface area contributed by atoms with Gasteiger partial charge in [0.05, 0.1) is 31.1 Å². The first-order valence-corrected chi connectivity index (χ1v) is 10.2. The lowest BCUT2D eigenvalue weighted by atomic mass is 10.1. The summed E-state index contributed by atoms with van der Waals surface area (Å²) < 4.78 is 15.5. The molecule has 0 radical (unpaired) electrons. The first-order valence-electron chi connectivity index (χ1n) is 10.2. The van der Waals surface area contributed by atoms with Crippen molar-refractivity contribution in [3.05, 3.63) is 23.8 Å². The molecule has 0 saturated carbocycles. The Morgan fingerprint density at radius 1 is 1.03 bits per heavy atom. The number of ether oxygens (including phenoxy) is 3. The molecule has 2 aliphatic heterocycles. The van der Waals surface area contributed by atoms with E-state index >= 15 is 0 Å². The normalized spacial score (nSPS) is 14.7. The van der Waals surface area contributed by atoms with Crippen molar-refractivity contribution in [3.8, 4) is 5.75 Å². The lowest BCUT2D eigenvalue weighted by Gasteiger charge is -2.13. The number of amidine groups is 2. The van der Waals surface area contributed by atoms with Gasteiger partial charge in [-0.2, -0.15) is 15.2 Å². The van der Waals surface area contributed by atoms with Gasteiger partial charge in [0.15, 0.2) is 5.84 Å². The molecule has 0 spiro atoms. The third-order valence-corrected chi connectivity index (χ3v) is 4.09. The Labute approximate surface area is 188 Å². The van der Waals surface area contributed by atoms with Crippen molar-refractivity contribution in [3.63, 3.8) is 0 Å². The van der Waals surface area contributed by atoms with Crippen LogP contribution in [0.15, 0.2) is 53.9 Å². The predicted molar refractivity (Wildman–Crippen MR) is 115 cm³/mol. The second-order valence-electron chi connectivity index (χ2n) is 6.47. The standard InChI is InChI=1S/C20H21N7O6/c1-4-9-33-13-8-7-11(23-24-15(19(29)31-5-2)20(30)32-6-3)10-12(13)16-21-17-14(18(28)22-16)25-27-26-17/h7-8,10,15H,4-6,9H2,1-3H3/b24-23+. The van der Waals surface area contributed by atoms with Gasteiger partial charge in [0, 0.05) is 0 Å². The number of hydrogen-bond donors (Lipinski definition) is 0. The zero-order valence-electron chi connectivity index (χ0n) is 18.2. The molecule has 0 N–H and O–H groups in total. The van der Waals surface area contributed by atoms with Crippen molar-refractivity contribution >= 4 is 40.9 Å². The van der Waals surface area contributed by atoms with E-state index in [1.54, 1.807) is 26.0 Å². The molecule has 1 amide bonds. The van der Waals surface area contributed by atoms with E-state index < -0.39 is 23.9 Å². The monoisotopic (exact) mass is 455 g/mol. The largest absolute Gasteiger partial charge is 0.493 e. The Morgan fingerprint density at radius 2 is 1.76 bits per heavy atom. The minimum absolute atomic E-state index is 0.0327. The number of carbonyl (C=O) groups excluding carboxylic acids is 3. The average Bonchev–Trinajstić information content (AvgIpc) is 3.28. The first kappa shape index (κ1) is 23.5. The summed E-state index contributed by atoms with van der Waals surface area (Å²) in [5, 5.41) is 18.6. The molecule has 0 bridgehead atoms.